The summed E-state index contributed by atoms with van der Waals surface area (Å²) in [7, 11) is 0. The maximum atomic E-state index is 14.5. The summed E-state index contributed by atoms with van der Waals surface area (Å²) in [5.74, 6) is -0.0670. The van der Waals surface area contributed by atoms with Crippen molar-refractivity contribution in [1.82, 2.24) is 0 Å². The van der Waals surface area contributed by atoms with Gasteiger partial charge in [0.2, 0.25) is 0 Å². The highest BCUT2D eigenvalue weighted by Gasteiger charge is 2.13. The predicted octanol–water partition coefficient (Wildman–Crippen LogP) is 5.47. The summed E-state index contributed by atoms with van der Waals surface area (Å²) in [6.07, 6.45) is 5.28. The van der Waals surface area contributed by atoms with Crippen molar-refractivity contribution in [3.63, 3.8) is 0 Å². The van der Waals surface area contributed by atoms with Gasteiger partial charge in [0.1, 0.15) is 17.0 Å². The van der Waals surface area contributed by atoms with Crippen LogP contribution in [0, 0.1) is 16.5 Å². The van der Waals surface area contributed by atoms with E-state index in [2.05, 4.69) is 5.40 Å². The maximum Gasteiger partial charge on any atom is 0.138 e. The van der Waals surface area contributed by atoms with Crippen LogP contribution < -0.4 is 0 Å². The fourth-order valence-corrected chi connectivity index (χ4v) is 3.05. The number of thiocyanates is 1. The Labute approximate surface area is 138 Å². The second kappa shape index (κ2) is 6.72. The molecule has 0 spiro atoms. The molecule has 114 valence electrons. The average Bonchev–Trinajstić information content (AvgIpc) is 2.57. The van der Waals surface area contributed by atoms with E-state index in [1.165, 1.54) is 6.07 Å². The van der Waals surface area contributed by atoms with Gasteiger partial charge in [0.05, 0.1) is 0 Å². The zero-order chi connectivity index (χ0) is 16.2. The molecule has 0 radical (unpaired) electrons. The molecule has 2 aromatic carbocycles. The van der Waals surface area contributed by atoms with Crippen LogP contribution in [0.1, 0.15) is 18.4 Å². The van der Waals surface area contributed by atoms with Crippen LogP contribution in [-0.4, -0.2) is 5.11 Å². The molecule has 1 N–H and O–H groups in total. The van der Waals surface area contributed by atoms with Crippen molar-refractivity contribution in [2.45, 2.75) is 12.8 Å². The molecule has 0 saturated heterocycles. The minimum Gasteiger partial charge on any atom is -0.508 e. The lowest BCUT2D eigenvalue weighted by molar-refractivity contribution is 0.475. The molecule has 0 saturated carbocycles. The first-order valence-electron chi connectivity index (χ1n) is 7.22. The van der Waals surface area contributed by atoms with Crippen LogP contribution in [0.25, 0.3) is 16.7 Å². The summed E-state index contributed by atoms with van der Waals surface area (Å²) in [4.78, 5) is 1.01. The summed E-state index contributed by atoms with van der Waals surface area (Å²) < 4.78 is 14.5. The van der Waals surface area contributed by atoms with Crippen LogP contribution >= 0.6 is 11.8 Å². The molecule has 0 aromatic heterocycles. The molecule has 3 rings (SSSR count). The molecule has 2 aromatic rings. The molecule has 0 fully saturated rings. The van der Waals surface area contributed by atoms with Gasteiger partial charge in [0.15, 0.2) is 0 Å². The van der Waals surface area contributed by atoms with Crippen molar-refractivity contribution in [1.29, 1.82) is 5.26 Å². The van der Waals surface area contributed by atoms with E-state index < -0.39 is 0 Å². The van der Waals surface area contributed by atoms with Crippen LogP contribution in [0.15, 0.2) is 59.5 Å². The lowest BCUT2D eigenvalue weighted by atomic mass is 9.94. The van der Waals surface area contributed by atoms with Gasteiger partial charge in [0.25, 0.3) is 0 Å². The van der Waals surface area contributed by atoms with E-state index in [9.17, 15) is 9.50 Å². The Morgan fingerprint density at radius 2 is 1.74 bits per heavy atom. The standard InChI is InChI=1S/C19H14FNOS/c20-19-11-15(13-1-6-16(22)7-2-13)5-10-18(19)14-3-8-17(9-4-14)23-12-21/h1-3,5-8,10-11,22H,4,9H2. The molecule has 1 aliphatic carbocycles. The van der Waals surface area contributed by atoms with Crippen LogP contribution in [0.4, 0.5) is 4.39 Å². The Hall–Kier alpha value is -2.51. The van der Waals surface area contributed by atoms with E-state index in [0.29, 0.717) is 5.56 Å². The Morgan fingerprint density at radius 3 is 2.35 bits per heavy atom. The zero-order valence-electron chi connectivity index (χ0n) is 12.3. The minimum absolute atomic E-state index is 0.191. The lowest BCUT2D eigenvalue weighted by Crippen LogP contribution is -1.95. The third-order valence-electron chi connectivity index (χ3n) is 3.80. The summed E-state index contributed by atoms with van der Waals surface area (Å²) >= 11 is 1.16. The number of rotatable bonds is 3. The molecule has 2 nitrogen and oxygen atoms in total. The third-order valence-corrected chi connectivity index (χ3v) is 4.50. The van der Waals surface area contributed by atoms with Crippen LogP contribution in [0.2, 0.25) is 0 Å². The number of allylic oxidation sites excluding steroid dienone is 4. The average molecular weight is 323 g/mol. The maximum absolute atomic E-state index is 14.5. The number of phenols is 1. The smallest absolute Gasteiger partial charge is 0.138 e. The van der Waals surface area contributed by atoms with Crippen LogP contribution in [0.3, 0.4) is 0 Å². The van der Waals surface area contributed by atoms with Gasteiger partial charge in [-0.15, -0.1) is 0 Å². The van der Waals surface area contributed by atoms with E-state index in [0.717, 1.165) is 46.2 Å². The van der Waals surface area contributed by atoms with Gasteiger partial charge in [0, 0.05) is 10.5 Å². The molecule has 23 heavy (non-hydrogen) atoms. The minimum atomic E-state index is -0.258. The molecule has 0 atom stereocenters. The van der Waals surface area contributed by atoms with Gasteiger partial charge in [-0.2, -0.15) is 5.26 Å². The number of benzene rings is 2. The first-order valence-corrected chi connectivity index (χ1v) is 8.04. The lowest BCUT2D eigenvalue weighted by Gasteiger charge is -2.14. The van der Waals surface area contributed by atoms with Gasteiger partial charge in [-0.05, 0) is 59.5 Å². The van der Waals surface area contributed by atoms with E-state index in [4.69, 9.17) is 5.26 Å². The van der Waals surface area contributed by atoms with Crippen LogP contribution in [-0.2, 0) is 0 Å². The number of hydrogen-bond acceptors (Lipinski definition) is 3. The quantitative estimate of drug-likeness (QED) is 0.761. The van der Waals surface area contributed by atoms with Gasteiger partial charge in [-0.25, -0.2) is 4.39 Å². The number of aromatic hydroxyl groups is 1. The Morgan fingerprint density at radius 1 is 1.00 bits per heavy atom. The second-order valence-electron chi connectivity index (χ2n) is 5.26. The fourth-order valence-electron chi connectivity index (χ4n) is 2.60. The number of nitriles is 1. The third kappa shape index (κ3) is 3.46. The van der Waals surface area contributed by atoms with Crippen molar-refractivity contribution in [2.75, 3.05) is 0 Å². The fraction of sp³-hybridized carbons (Fsp3) is 0.105. The predicted molar refractivity (Wildman–Crippen MR) is 92.0 cm³/mol. The van der Waals surface area contributed by atoms with Crippen molar-refractivity contribution < 1.29 is 9.50 Å². The molecular formula is C19H14FNOS. The Kier molecular flexibility index (Phi) is 4.50. The second-order valence-corrected chi connectivity index (χ2v) is 6.17. The van der Waals surface area contributed by atoms with Crippen molar-refractivity contribution in [3.05, 3.63) is 70.9 Å². The molecular weight excluding hydrogens is 309 g/mol. The van der Waals surface area contributed by atoms with Gasteiger partial charge in [-0.1, -0.05) is 36.4 Å². The first kappa shape index (κ1) is 15.4. The van der Waals surface area contributed by atoms with Gasteiger partial charge in [-0.3, -0.25) is 0 Å². The Balaban J connectivity index is 1.89. The van der Waals surface area contributed by atoms with Crippen molar-refractivity contribution >= 4 is 17.3 Å². The van der Waals surface area contributed by atoms with Gasteiger partial charge < -0.3 is 5.11 Å². The molecule has 0 amide bonds. The summed E-state index contributed by atoms with van der Waals surface area (Å²) in [6.45, 7) is 0. The number of hydrogen-bond donors (Lipinski definition) is 1. The normalized spacial score (nSPS) is 13.9. The monoisotopic (exact) mass is 323 g/mol. The summed E-state index contributed by atoms with van der Waals surface area (Å²) in [5.41, 5.74) is 3.18. The first-order chi connectivity index (χ1) is 11.2. The molecule has 0 heterocycles. The SMILES string of the molecule is N#CSC1=CC=C(c2ccc(-c3ccc(O)cc3)cc2F)CC1. The van der Waals surface area contributed by atoms with Crippen molar-refractivity contribution in [2.24, 2.45) is 0 Å². The summed E-state index contributed by atoms with van der Waals surface area (Å²) in [5, 5.41) is 20.1. The topological polar surface area (TPSA) is 44.0 Å². The highest BCUT2D eigenvalue weighted by molar-refractivity contribution is 8.07. The van der Waals surface area contributed by atoms with Crippen LogP contribution in [0.5, 0.6) is 5.75 Å². The molecule has 0 unspecified atom stereocenters. The highest BCUT2D eigenvalue weighted by Crippen LogP contribution is 2.34. The highest BCUT2D eigenvalue weighted by atomic mass is 32.2. The Bertz CT molecular complexity index is 831. The zero-order valence-corrected chi connectivity index (χ0v) is 13.1. The van der Waals surface area contributed by atoms with E-state index in [1.807, 2.05) is 18.2 Å². The van der Waals surface area contributed by atoms with E-state index in [-0.39, 0.29) is 11.6 Å². The molecule has 0 bridgehead atoms. The largest absolute Gasteiger partial charge is 0.508 e. The molecule has 1 aliphatic rings. The summed E-state index contributed by atoms with van der Waals surface area (Å²) in [6, 6.07) is 11.9. The molecule has 0 aliphatic heterocycles. The number of phenolic OH excluding ortho intramolecular Hbond substituents is 1. The van der Waals surface area contributed by atoms with E-state index >= 15 is 0 Å². The van der Waals surface area contributed by atoms with E-state index in [1.54, 1.807) is 30.3 Å². The van der Waals surface area contributed by atoms with Crippen molar-refractivity contribution in [3.8, 4) is 22.3 Å². The molecule has 4 heteroatoms. The number of thioether (sulfide) groups is 1. The number of nitrogens with zero attached hydrogens (tertiary/aromatic N) is 1. The number of halogens is 1. The van der Waals surface area contributed by atoms with Gasteiger partial charge >= 0.3 is 0 Å².